The molecule has 2 aromatic carbocycles. The molecule has 206 valence electrons. The minimum absolute atomic E-state index is 0.00478. The van der Waals surface area contributed by atoms with Crippen molar-refractivity contribution >= 4 is 23.5 Å². The fourth-order valence-electron chi connectivity index (χ4n) is 4.85. The van der Waals surface area contributed by atoms with Crippen LogP contribution < -0.4 is 20.3 Å². The van der Waals surface area contributed by atoms with Crippen molar-refractivity contribution in [3.05, 3.63) is 52.6 Å². The number of aryl methyl sites for hydroxylation is 2. The predicted molar refractivity (Wildman–Crippen MR) is 127 cm³/mol. The van der Waals surface area contributed by atoms with Gasteiger partial charge in [0.1, 0.15) is 17.4 Å². The minimum atomic E-state index is -4.81. The van der Waals surface area contributed by atoms with E-state index in [-0.39, 0.29) is 47.8 Å². The van der Waals surface area contributed by atoms with E-state index in [4.69, 9.17) is 4.42 Å². The van der Waals surface area contributed by atoms with Gasteiger partial charge in [-0.25, -0.2) is 8.78 Å². The second-order valence-electron chi connectivity index (χ2n) is 9.47. The number of rotatable bonds is 6. The summed E-state index contributed by atoms with van der Waals surface area (Å²) < 4.78 is 76.9. The first-order chi connectivity index (χ1) is 18.4. The SMILES string of the molecule is Cc1cc(OC(F)(F)F)cc(C)c1-c1nnc(NC2CN(c3cc(F)c(C4CCC(=O)NC4=O)c(F)c3)C2)o1. The Balaban J connectivity index is 1.23. The number of nitrogens with zero attached hydrogens (tertiary/aromatic N) is 3. The van der Waals surface area contributed by atoms with Crippen LogP contribution in [0.25, 0.3) is 11.5 Å². The van der Waals surface area contributed by atoms with Gasteiger partial charge in [-0.15, -0.1) is 18.3 Å². The van der Waals surface area contributed by atoms with Crippen LogP contribution in [0.4, 0.5) is 33.7 Å². The summed E-state index contributed by atoms with van der Waals surface area (Å²) >= 11 is 0. The largest absolute Gasteiger partial charge is 0.573 e. The number of aromatic nitrogens is 2. The molecule has 2 fully saturated rings. The van der Waals surface area contributed by atoms with Gasteiger partial charge in [0.15, 0.2) is 0 Å². The average Bonchev–Trinajstić information content (AvgIpc) is 3.23. The maximum Gasteiger partial charge on any atom is 0.573 e. The molecule has 14 heteroatoms. The lowest BCUT2D eigenvalue weighted by Crippen LogP contribution is -2.55. The highest BCUT2D eigenvalue weighted by atomic mass is 19.4. The number of hydrogen-bond acceptors (Lipinski definition) is 8. The highest BCUT2D eigenvalue weighted by molar-refractivity contribution is 6.01. The van der Waals surface area contributed by atoms with Crippen molar-refractivity contribution in [2.75, 3.05) is 23.3 Å². The topological polar surface area (TPSA) is 110 Å². The van der Waals surface area contributed by atoms with E-state index in [9.17, 15) is 31.5 Å². The lowest BCUT2D eigenvalue weighted by Gasteiger charge is -2.41. The molecule has 5 rings (SSSR count). The number of alkyl halides is 3. The van der Waals surface area contributed by atoms with Gasteiger partial charge in [-0.2, -0.15) is 0 Å². The summed E-state index contributed by atoms with van der Waals surface area (Å²) in [7, 11) is 0. The molecule has 2 aliphatic heterocycles. The number of carbonyl (C=O) groups is 2. The number of carbonyl (C=O) groups excluding carboxylic acids is 2. The van der Waals surface area contributed by atoms with Crippen LogP contribution in [0, 0.1) is 25.5 Å². The highest BCUT2D eigenvalue weighted by Crippen LogP contribution is 2.35. The maximum atomic E-state index is 14.8. The molecule has 0 radical (unpaired) electrons. The van der Waals surface area contributed by atoms with Gasteiger partial charge >= 0.3 is 12.4 Å². The van der Waals surface area contributed by atoms with Gasteiger partial charge in [0, 0.05) is 36.3 Å². The molecule has 2 aliphatic rings. The van der Waals surface area contributed by atoms with Crippen molar-refractivity contribution in [1.29, 1.82) is 0 Å². The molecule has 9 nitrogen and oxygen atoms in total. The van der Waals surface area contributed by atoms with E-state index < -0.39 is 35.7 Å². The number of ether oxygens (including phenoxy) is 1. The molecule has 1 aromatic heterocycles. The van der Waals surface area contributed by atoms with Gasteiger partial charge in [-0.1, -0.05) is 5.10 Å². The Hall–Kier alpha value is -4.23. The monoisotopic (exact) mass is 551 g/mol. The molecule has 1 atom stereocenters. The third-order valence-electron chi connectivity index (χ3n) is 6.60. The number of anilines is 2. The Morgan fingerprint density at radius 3 is 2.28 bits per heavy atom. The van der Waals surface area contributed by atoms with E-state index in [0.29, 0.717) is 29.8 Å². The molecular formula is C25H22F5N5O4. The number of nitrogens with one attached hydrogen (secondary N) is 2. The van der Waals surface area contributed by atoms with Crippen molar-refractivity contribution in [3.63, 3.8) is 0 Å². The molecule has 3 aromatic rings. The number of halogens is 5. The van der Waals surface area contributed by atoms with Crippen LogP contribution in [0.3, 0.4) is 0 Å². The van der Waals surface area contributed by atoms with Crippen molar-refractivity contribution in [3.8, 4) is 17.2 Å². The molecule has 0 spiro atoms. The van der Waals surface area contributed by atoms with Crippen LogP contribution in [-0.4, -0.2) is 47.5 Å². The molecule has 2 amide bonds. The van der Waals surface area contributed by atoms with Gasteiger partial charge in [0.2, 0.25) is 17.7 Å². The molecule has 0 aliphatic carbocycles. The third-order valence-corrected chi connectivity index (χ3v) is 6.60. The van der Waals surface area contributed by atoms with E-state index in [2.05, 4.69) is 25.6 Å². The van der Waals surface area contributed by atoms with E-state index >= 15 is 0 Å². The van der Waals surface area contributed by atoms with Crippen LogP contribution in [0.15, 0.2) is 28.7 Å². The van der Waals surface area contributed by atoms with Crippen LogP contribution >= 0.6 is 0 Å². The van der Waals surface area contributed by atoms with Crippen LogP contribution in [0.2, 0.25) is 0 Å². The van der Waals surface area contributed by atoms with Gasteiger partial charge in [-0.3, -0.25) is 14.9 Å². The third kappa shape index (κ3) is 5.49. The summed E-state index contributed by atoms with van der Waals surface area (Å²) in [6.45, 7) is 3.90. The summed E-state index contributed by atoms with van der Waals surface area (Å²) in [4.78, 5) is 25.1. The second kappa shape index (κ2) is 9.82. The lowest BCUT2D eigenvalue weighted by atomic mass is 9.89. The molecular weight excluding hydrogens is 529 g/mol. The smallest absolute Gasteiger partial charge is 0.406 e. The minimum Gasteiger partial charge on any atom is -0.406 e. The summed E-state index contributed by atoms with van der Waals surface area (Å²) in [6, 6.07) is 4.64. The summed E-state index contributed by atoms with van der Waals surface area (Å²) in [5.74, 6) is -4.25. The van der Waals surface area contributed by atoms with Gasteiger partial charge in [0.25, 0.3) is 0 Å². The van der Waals surface area contributed by atoms with E-state index in [1.807, 2.05) is 0 Å². The van der Waals surface area contributed by atoms with Gasteiger partial charge in [-0.05, 0) is 55.7 Å². The first-order valence-corrected chi connectivity index (χ1v) is 11.9. The number of piperidine rings is 1. The van der Waals surface area contributed by atoms with Crippen molar-refractivity contribution in [2.45, 2.75) is 45.0 Å². The van der Waals surface area contributed by atoms with Crippen LogP contribution in [-0.2, 0) is 9.59 Å². The van der Waals surface area contributed by atoms with E-state index in [1.54, 1.807) is 18.7 Å². The second-order valence-corrected chi connectivity index (χ2v) is 9.47. The Kier molecular flexibility index (Phi) is 6.64. The average molecular weight is 551 g/mol. The maximum absolute atomic E-state index is 14.8. The molecule has 2 N–H and O–H groups in total. The molecule has 0 saturated carbocycles. The summed E-state index contributed by atoms with van der Waals surface area (Å²) in [5, 5.41) is 13.0. The quantitative estimate of drug-likeness (QED) is 0.344. The van der Waals surface area contributed by atoms with Crippen molar-refractivity contribution in [2.24, 2.45) is 0 Å². The summed E-state index contributed by atoms with van der Waals surface area (Å²) in [6.07, 6.45) is -4.78. The molecule has 0 bridgehead atoms. The zero-order chi connectivity index (χ0) is 28.1. The van der Waals surface area contributed by atoms with Crippen LogP contribution in [0.1, 0.15) is 35.4 Å². The lowest BCUT2D eigenvalue weighted by molar-refractivity contribution is -0.274. The van der Waals surface area contributed by atoms with Gasteiger partial charge < -0.3 is 19.4 Å². The highest BCUT2D eigenvalue weighted by Gasteiger charge is 2.35. The Morgan fingerprint density at radius 1 is 1.05 bits per heavy atom. The predicted octanol–water partition coefficient (Wildman–Crippen LogP) is 4.35. The fraction of sp³-hybridized carbons (Fsp3) is 0.360. The zero-order valence-electron chi connectivity index (χ0n) is 20.7. The molecule has 1 unspecified atom stereocenters. The zero-order valence-corrected chi connectivity index (χ0v) is 20.7. The fourth-order valence-corrected chi connectivity index (χ4v) is 4.85. The van der Waals surface area contributed by atoms with Crippen molar-refractivity contribution < 1.29 is 40.7 Å². The number of benzene rings is 2. The molecule has 39 heavy (non-hydrogen) atoms. The first kappa shape index (κ1) is 26.4. The van der Waals surface area contributed by atoms with E-state index in [1.165, 1.54) is 12.1 Å². The Bertz CT molecular complexity index is 1400. The standard InChI is InChI=1S/C25H22F5N5O4/c1-11-5-15(39-25(28,29)30)6-12(2)20(11)23-33-34-24(38-23)31-13-9-35(10-13)14-7-17(26)21(18(27)8-14)16-3-4-19(36)32-22(16)37/h5-8,13,16H,3-4,9-10H2,1-2H3,(H,31,34)(H,32,36,37). The Labute approximate surface area is 218 Å². The van der Waals surface area contributed by atoms with Crippen LogP contribution in [0.5, 0.6) is 5.75 Å². The number of hydrogen-bond donors (Lipinski definition) is 2. The number of imide groups is 1. The normalized spacial score (nSPS) is 18.1. The van der Waals surface area contributed by atoms with E-state index in [0.717, 1.165) is 12.1 Å². The molecule has 2 saturated heterocycles. The summed E-state index contributed by atoms with van der Waals surface area (Å²) in [5.41, 5.74) is 1.30. The Morgan fingerprint density at radius 2 is 1.69 bits per heavy atom. The molecule has 3 heterocycles. The van der Waals surface area contributed by atoms with Crippen molar-refractivity contribution in [1.82, 2.24) is 15.5 Å². The first-order valence-electron chi connectivity index (χ1n) is 11.9. The van der Waals surface area contributed by atoms with Gasteiger partial charge in [0.05, 0.1) is 12.0 Å². The number of amides is 2.